The molecule has 1 amide bonds. The average Bonchev–Trinajstić information content (AvgIpc) is 2.79. The summed E-state index contributed by atoms with van der Waals surface area (Å²) in [6.45, 7) is 1.79. The molecule has 0 saturated carbocycles. The number of nitrogens with zero attached hydrogens (tertiary/aromatic N) is 1. The van der Waals surface area contributed by atoms with Crippen LogP contribution in [0.3, 0.4) is 0 Å². The van der Waals surface area contributed by atoms with Crippen molar-refractivity contribution >= 4 is 52.2 Å². The van der Waals surface area contributed by atoms with Gasteiger partial charge in [-0.1, -0.05) is 60.4 Å². The van der Waals surface area contributed by atoms with Crippen LogP contribution in [0.2, 0.25) is 0 Å². The van der Waals surface area contributed by atoms with Gasteiger partial charge in [0.05, 0.1) is 16.9 Å². The minimum atomic E-state index is -1.70. The molecule has 0 aliphatic carbocycles. The van der Waals surface area contributed by atoms with Crippen molar-refractivity contribution < 1.29 is 24.6 Å². The van der Waals surface area contributed by atoms with Crippen LogP contribution in [0, 0.1) is 0 Å². The summed E-state index contributed by atoms with van der Waals surface area (Å²) in [6, 6.07) is 7.74. The van der Waals surface area contributed by atoms with Gasteiger partial charge in [-0.05, 0) is 24.1 Å². The Labute approximate surface area is 153 Å². The largest absolute Gasteiger partial charge is 0.550 e. The number of allylic oxidation sites excluding steroid dienone is 2. The summed E-state index contributed by atoms with van der Waals surface area (Å²) < 4.78 is -0.0285. The van der Waals surface area contributed by atoms with Gasteiger partial charge in [0.15, 0.2) is 0 Å². The number of carbonyl (C=O) groups excluding carboxylic acids is 3. The van der Waals surface area contributed by atoms with Crippen LogP contribution < -0.4 is 10.2 Å². The summed E-state index contributed by atoms with van der Waals surface area (Å²) in [5.74, 6) is -3.96. The number of amides is 1. The molecule has 25 heavy (non-hydrogen) atoms. The van der Waals surface area contributed by atoms with Gasteiger partial charge in [-0.15, -0.1) is 0 Å². The van der Waals surface area contributed by atoms with Crippen LogP contribution >= 0.6 is 24.0 Å². The fraction of sp³-hybridized carbons (Fsp3) is 0.176. The lowest BCUT2D eigenvalue weighted by atomic mass is 10.1. The lowest BCUT2D eigenvalue weighted by Gasteiger charge is -2.27. The first-order valence-corrected chi connectivity index (χ1v) is 8.43. The van der Waals surface area contributed by atoms with Crippen molar-refractivity contribution in [2.24, 2.45) is 0 Å². The molecule has 1 fully saturated rings. The first-order chi connectivity index (χ1) is 11.8. The topological polar surface area (TPSA) is 101 Å². The molecule has 0 radical (unpaired) electrons. The molecule has 1 aromatic carbocycles. The summed E-state index contributed by atoms with van der Waals surface area (Å²) in [4.78, 5) is 35.3. The summed E-state index contributed by atoms with van der Waals surface area (Å²) in [7, 11) is 0. The van der Waals surface area contributed by atoms with Gasteiger partial charge in [-0.25, -0.2) is 0 Å². The average molecular weight is 375 g/mol. The summed E-state index contributed by atoms with van der Waals surface area (Å²) in [6.07, 6.45) is 2.54. The van der Waals surface area contributed by atoms with E-state index >= 15 is 0 Å². The van der Waals surface area contributed by atoms with Gasteiger partial charge in [-0.3, -0.25) is 9.69 Å². The molecule has 6 nitrogen and oxygen atoms in total. The highest BCUT2D eigenvalue weighted by Crippen LogP contribution is 2.34. The zero-order valence-corrected chi connectivity index (χ0v) is 14.8. The molecule has 1 saturated heterocycles. The van der Waals surface area contributed by atoms with E-state index in [1.807, 2.05) is 36.4 Å². The van der Waals surface area contributed by atoms with E-state index < -0.39 is 30.3 Å². The van der Waals surface area contributed by atoms with E-state index in [-0.39, 0.29) is 9.23 Å². The number of thioether (sulfide) groups is 1. The molecule has 2 rings (SSSR count). The van der Waals surface area contributed by atoms with Crippen molar-refractivity contribution in [2.45, 2.75) is 19.4 Å². The molecule has 1 aliphatic rings. The predicted molar refractivity (Wildman–Crippen MR) is 93.6 cm³/mol. The van der Waals surface area contributed by atoms with Gasteiger partial charge in [0.1, 0.15) is 4.32 Å². The molecule has 0 spiro atoms. The molecule has 0 unspecified atom stereocenters. The fourth-order valence-corrected chi connectivity index (χ4v) is 3.65. The second-order valence-corrected chi connectivity index (χ2v) is 6.94. The van der Waals surface area contributed by atoms with E-state index in [0.29, 0.717) is 0 Å². The van der Waals surface area contributed by atoms with Crippen LogP contribution in [-0.4, -0.2) is 33.1 Å². The lowest BCUT2D eigenvalue weighted by Crippen LogP contribution is -2.52. The number of carbonyl (C=O) groups is 3. The molecule has 8 heteroatoms. The number of hydrogen-bond acceptors (Lipinski definition) is 7. The van der Waals surface area contributed by atoms with E-state index in [2.05, 4.69) is 0 Å². The molecule has 1 aromatic rings. The zero-order valence-electron chi connectivity index (χ0n) is 13.1. The third kappa shape index (κ3) is 4.77. The number of hydrogen-bond donors (Lipinski definition) is 0. The quantitative estimate of drug-likeness (QED) is 0.513. The maximum atomic E-state index is 12.4. The number of thiocarbonyl (C=S) groups is 1. The minimum Gasteiger partial charge on any atom is -0.550 e. The van der Waals surface area contributed by atoms with Crippen LogP contribution in [0.5, 0.6) is 0 Å². The number of rotatable bonds is 6. The molecular weight excluding hydrogens is 362 g/mol. The van der Waals surface area contributed by atoms with Crippen molar-refractivity contribution in [3.8, 4) is 0 Å². The smallest absolute Gasteiger partial charge is 0.266 e. The summed E-state index contributed by atoms with van der Waals surface area (Å²) >= 11 is 5.95. The van der Waals surface area contributed by atoms with Gasteiger partial charge in [0.2, 0.25) is 0 Å². The number of carboxylic acid groups (broad SMARTS) is 2. The predicted octanol–water partition coefficient (Wildman–Crippen LogP) is 0.0926. The lowest BCUT2D eigenvalue weighted by molar-refractivity contribution is -0.319. The number of carboxylic acids is 2. The normalized spacial score (nSPS) is 17.9. The van der Waals surface area contributed by atoms with Crippen molar-refractivity contribution in [1.82, 2.24) is 4.90 Å². The van der Waals surface area contributed by atoms with Crippen LogP contribution in [0.4, 0.5) is 0 Å². The van der Waals surface area contributed by atoms with Crippen molar-refractivity contribution in [3.05, 3.63) is 52.4 Å². The third-order valence-electron chi connectivity index (χ3n) is 3.32. The molecule has 0 aromatic heterocycles. The number of aliphatic carboxylic acids is 2. The monoisotopic (exact) mass is 375 g/mol. The van der Waals surface area contributed by atoms with Crippen LogP contribution in [0.1, 0.15) is 18.9 Å². The van der Waals surface area contributed by atoms with E-state index in [1.165, 1.54) is 0 Å². The third-order valence-corrected chi connectivity index (χ3v) is 4.65. The molecular formula is C17H13NO5S2-2. The Kier molecular flexibility index (Phi) is 6.11. The first-order valence-electron chi connectivity index (χ1n) is 7.20. The Morgan fingerprint density at radius 1 is 1.28 bits per heavy atom. The maximum Gasteiger partial charge on any atom is 0.266 e. The highest BCUT2D eigenvalue weighted by molar-refractivity contribution is 8.26. The van der Waals surface area contributed by atoms with Crippen LogP contribution in [0.15, 0.2) is 46.9 Å². The molecule has 130 valence electrons. The van der Waals surface area contributed by atoms with E-state index in [9.17, 15) is 24.6 Å². The van der Waals surface area contributed by atoms with Gasteiger partial charge in [-0.2, -0.15) is 0 Å². The molecule has 0 N–H and O–H groups in total. The van der Waals surface area contributed by atoms with Crippen molar-refractivity contribution in [3.63, 3.8) is 0 Å². The van der Waals surface area contributed by atoms with Gasteiger partial charge >= 0.3 is 0 Å². The molecule has 1 aliphatic heterocycles. The number of benzene rings is 1. The standard InChI is InChI=1S/C17H15NO5S2/c1-10(7-11-5-3-2-4-6-11)8-13-15(21)18(17(24)25-13)12(16(22)23)9-14(19)20/h2-8,12H,9H2,1H3,(H,19,20)(H,22,23)/p-2/b10-7+,13-8-/t12-/m1/s1. The second-order valence-electron chi connectivity index (χ2n) is 5.26. The van der Waals surface area contributed by atoms with E-state index in [1.54, 1.807) is 13.0 Å². The first kappa shape index (κ1) is 18.9. The van der Waals surface area contributed by atoms with Crippen LogP contribution in [0.25, 0.3) is 6.08 Å². The SMILES string of the molecule is CC(/C=C1\SC(=S)N([C@H](CC(=O)[O-])C(=O)[O-])C1=O)=C\c1ccccc1. The Morgan fingerprint density at radius 3 is 2.48 bits per heavy atom. The fourth-order valence-electron chi connectivity index (χ4n) is 2.25. The molecule has 0 bridgehead atoms. The molecule has 1 heterocycles. The minimum absolute atomic E-state index is 0.0285. The second kappa shape index (κ2) is 8.09. The van der Waals surface area contributed by atoms with Gasteiger partial charge in [0.25, 0.3) is 5.91 Å². The van der Waals surface area contributed by atoms with E-state index in [4.69, 9.17) is 12.2 Å². The highest BCUT2D eigenvalue weighted by atomic mass is 32.2. The highest BCUT2D eigenvalue weighted by Gasteiger charge is 2.37. The Bertz CT molecular complexity index is 785. The zero-order chi connectivity index (χ0) is 18.6. The Morgan fingerprint density at radius 2 is 1.92 bits per heavy atom. The summed E-state index contributed by atoms with van der Waals surface area (Å²) in [5, 5.41) is 21.9. The Balaban J connectivity index is 2.26. The molecule has 1 atom stereocenters. The van der Waals surface area contributed by atoms with Crippen LogP contribution in [-0.2, 0) is 14.4 Å². The Hall–Kier alpha value is -2.45. The van der Waals surface area contributed by atoms with Gasteiger partial charge in [0, 0.05) is 12.4 Å². The van der Waals surface area contributed by atoms with Crippen molar-refractivity contribution in [1.29, 1.82) is 0 Å². The summed E-state index contributed by atoms with van der Waals surface area (Å²) in [5.41, 5.74) is 1.70. The maximum absolute atomic E-state index is 12.4. The van der Waals surface area contributed by atoms with E-state index in [0.717, 1.165) is 27.8 Å². The van der Waals surface area contributed by atoms with Crippen molar-refractivity contribution in [2.75, 3.05) is 0 Å². The van der Waals surface area contributed by atoms with Gasteiger partial charge < -0.3 is 19.8 Å².